The van der Waals surface area contributed by atoms with Crippen LogP contribution in [-0.4, -0.2) is 4.57 Å². The molecule has 0 unspecified atom stereocenters. The van der Waals surface area contributed by atoms with Crippen molar-refractivity contribution < 1.29 is 0 Å². The number of aromatic nitrogens is 1. The fourth-order valence-electron chi connectivity index (χ4n) is 9.05. The smallest absolute Gasteiger partial charge is 0.0726 e. The number of fused-ring (bicyclic) bond motifs is 10. The summed E-state index contributed by atoms with van der Waals surface area (Å²) >= 11 is 1.90. The molecule has 0 saturated heterocycles. The Labute approximate surface area is 318 Å². The van der Waals surface area contributed by atoms with Crippen LogP contribution < -0.4 is 4.90 Å². The fourth-order valence-corrected chi connectivity index (χ4v) is 10.3. The fraction of sp³-hybridized carbons (Fsp3) is 0.0588. The van der Waals surface area contributed by atoms with Gasteiger partial charge < -0.3 is 9.47 Å². The highest BCUT2D eigenvalue weighted by molar-refractivity contribution is 7.26. The van der Waals surface area contributed by atoms with E-state index in [0.29, 0.717) is 0 Å². The minimum absolute atomic E-state index is 0.0804. The summed E-state index contributed by atoms with van der Waals surface area (Å²) in [5, 5.41) is 5.16. The van der Waals surface area contributed by atoms with Crippen LogP contribution in [-0.2, 0) is 5.41 Å². The molecule has 256 valence electrons. The summed E-state index contributed by atoms with van der Waals surface area (Å²) in [4.78, 5) is 2.40. The predicted octanol–water partition coefficient (Wildman–Crippen LogP) is 14.6. The van der Waals surface area contributed by atoms with E-state index in [4.69, 9.17) is 0 Å². The molecule has 0 bridgehead atoms. The van der Waals surface area contributed by atoms with Crippen LogP contribution in [0.5, 0.6) is 0 Å². The van der Waals surface area contributed by atoms with E-state index in [1.54, 1.807) is 0 Å². The van der Waals surface area contributed by atoms with Gasteiger partial charge in [-0.25, -0.2) is 0 Å². The first-order chi connectivity index (χ1) is 26.6. The molecule has 2 heterocycles. The van der Waals surface area contributed by atoms with E-state index in [1.807, 2.05) is 11.3 Å². The van der Waals surface area contributed by atoms with E-state index in [-0.39, 0.29) is 5.41 Å². The van der Waals surface area contributed by atoms with Crippen molar-refractivity contribution in [1.82, 2.24) is 4.57 Å². The Morgan fingerprint density at radius 1 is 0.481 bits per heavy atom. The number of hydrogen-bond acceptors (Lipinski definition) is 2. The normalized spacial score (nSPS) is 13.1. The number of rotatable bonds is 5. The highest BCUT2D eigenvalue weighted by Crippen LogP contribution is 2.51. The van der Waals surface area contributed by atoms with E-state index >= 15 is 0 Å². The van der Waals surface area contributed by atoms with Gasteiger partial charge >= 0.3 is 0 Å². The van der Waals surface area contributed by atoms with Crippen LogP contribution in [0.15, 0.2) is 182 Å². The van der Waals surface area contributed by atoms with Gasteiger partial charge in [-0.05, 0) is 100 Å². The number of nitrogens with zero attached hydrogens (tertiary/aromatic N) is 2. The Hall–Kier alpha value is -6.42. The second kappa shape index (κ2) is 11.8. The van der Waals surface area contributed by atoms with Gasteiger partial charge in [-0.15, -0.1) is 11.3 Å². The quantitative estimate of drug-likeness (QED) is 0.173. The topological polar surface area (TPSA) is 8.17 Å². The van der Waals surface area contributed by atoms with Crippen molar-refractivity contribution in [2.45, 2.75) is 19.3 Å². The molecule has 0 radical (unpaired) electrons. The average molecular weight is 709 g/mol. The summed E-state index contributed by atoms with van der Waals surface area (Å²) in [5.41, 5.74) is 14.9. The van der Waals surface area contributed by atoms with Crippen LogP contribution in [0.1, 0.15) is 25.0 Å². The average Bonchev–Trinajstić information content (AvgIpc) is 3.85. The lowest BCUT2D eigenvalue weighted by atomic mass is 9.82. The van der Waals surface area contributed by atoms with E-state index in [0.717, 1.165) is 17.1 Å². The Balaban J connectivity index is 1.12. The summed E-state index contributed by atoms with van der Waals surface area (Å²) in [7, 11) is 0. The van der Waals surface area contributed by atoms with Crippen molar-refractivity contribution in [2.24, 2.45) is 0 Å². The molecule has 0 atom stereocenters. The highest BCUT2D eigenvalue weighted by atomic mass is 32.1. The Morgan fingerprint density at radius 2 is 1.11 bits per heavy atom. The third kappa shape index (κ3) is 4.52. The third-order valence-corrected chi connectivity index (χ3v) is 12.8. The van der Waals surface area contributed by atoms with Gasteiger partial charge in [0.2, 0.25) is 0 Å². The third-order valence-electron chi connectivity index (χ3n) is 11.6. The number of para-hydroxylation sites is 3. The van der Waals surface area contributed by atoms with Crippen LogP contribution in [0, 0.1) is 0 Å². The zero-order valence-corrected chi connectivity index (χ0v) is 30.9. The van der Waals surface area contributed by atoms with Gasteiger partial charge in [-0.1, -0.05) is 129 Å². The van der Waals surface area contributed by atoms with E-state index in [9.17, 15) is 0 Å². The maximum absolute atomic E-state index is 2.48. The first-order valence-corrected chi connectivity index (χ1v) is 19.5. The highest BCUT2D eigenvalue weighted by Gasteiger charge is 2.35. The van der Waals surface area contributed by atoms with Crippen molar-refractivity contribution in [3.63, 3.8) is 0 Å². The number of hydrogen-bond donors (Lipinski definition) is 0. The van der Waals surface area contributed by atoms with Gasteiger partial charge in [0.25, 0.3) is 0 Å². The standard InChI is InChI=1S/C51H36N2S/c1-51(2)44-22-12-9-19-38(44)39-30-29-37(31-45(39)51)52(34-15-5-3-6-16-34)36-27-25-33(26-28-36)42-32-43-40-20-11-14-24-47(40)54-50(43)49-48(42)41-21-10-13-23-46(41)53(49)35-17-7-4-8-18-35/h3-32H,1-2H3. The summed E-state index contributed by atoms with van der Waals surface area (Å²) in [5.74, 6) is 0. The molecular weight excluding hydrogens is 673 g/mol. The van der Waals surface area contributed by atoms with Crippen molar-refractivity contribution in [3.8, 4) is 27.9 Å². The lowest BCUT2D eigenvalue weighted by Gasteiger charge is -2.28. The molecule has 0 fully saturated rings. The van der Waals surface area contributed by atoms with Gasteiger partial charge in [0.05, 0.1) is 15.7 Å². The van der Waals surface area contributed by atoms with E-state index in [1.165, 1.54) is 81.0 Å². The van der Waals surface area contributed by atoms with Crippen LogP contribution in [0.3, 0.4) is 0 Å². The summed E-state index contributed by atoms with van der Waals surface area (Å²) in [6.07, 6.45) is 0. The van der Waals surface area contributed by atoms with Crippen LogP contribution in [0.2, 0.25) is 0 Å². The number of thiophene rings is 1. The molecule has 0 spiro atoms. The monoisotopic (exact) mass is 708 g/mol. The molecule has 2 aromatic heterocycles. The van der Waals surface area contributed by atoms with Gasteiger partial charge in [-0.3, -0.25) is 0 Å². The summed E-state index contributed by atoms with van der Waals surface area (Å²) < 4.78 is 5.11. The minimum atomic E-state index is -0.0804. The van der Waals surface area contributed by atoms with Gasteiger partial charge in [0, 0.05) is 54.4 Å². The molecule has 3 heteroatoms. The van der Waals surface area contributed by atoms with Crippen molar-refractivity contribution >= 4 is 70.4 Å². The maximum atomic E-state index is 2.48. The van der Waals surface area contributed by atoms with Gasteiger partial charge in [-0.2, -0.15) is 0 Å². The Morgan fingerprint density at radius 3 is 1.93 bits per heavy atom. The van der Waals surface area contributed by atoms with Crippen LogP contribution in [0.25, 0.3) is 69.9 Å². The van der Waals surface area contributed by atoms with Crippen molar-refractivity contribution in [2.75, 3.05) is 4.90 Å². The molecule has 54 heavy (non-hydrogen) atoms. The lowest BCUT2D eigenvalue weighted by Crippen LogP contribution is -2.16. The molecular formula is C51H36N2S. The number of anilines is 3. The van der Waals surface area contributed by atoms with Crippen molar-refractivity contribution in [1.29, 1.82) is 0 Å². The molecule has 0 amide bonds. The molecule has 0 N–H and O–H groups in total. The van der Waals surface area contributed by atoms with Crippen molar-refractivity contribution in [3.05, 3.63) is 193 Å². The molecule has 10 aromatic rings. The van der Waals surface area contributed by atoms with Crippen LogP contribution >= 0.6 is 11.3 Å². The minimum Gasteiger partial charge on any atom is -0.310 e. The lowest BCUT2D eigenvalue weighted by molar-refractivity contribution is 0.660. The van der Waals surface area contributed by atoms with E-state index in [2.05, 4.69) is 205 Å². The van der Waals surface area contributed by atoms with Gasteiger partial charge in [0.1, 0.15) is 0 Å². The first kappa shape index (κ1) is 31.1. The molecule has 2 nitrogen and oxygen atoms in total. The van der Waals surface area contributed by atoms with Crippen LogP contribution in [0.4, 0.5) is 17.1 Å². The first-order valence-electron chi connectivity index (χ1n) is 18.7. The predicted molar refractivity (Wildman–Crippen MR) is 231 cm³/mol. The SMILES string of the molecule is CC1(C)c2ccccc2-c2ccc(N(c3ccccc3)c3ccc(-c4cc5c6ccccc6sc5c5c4c4ccccc4n5-c4ccccc4)cc3)cc21. The summed E-state index contributed by atoms with van der Waals surface area (Å²) in [6.45, 7) is 4.71. The second-order valence-corrected chi connectivity index (χ2v) is 16.0. The zero-order chi connectivity index (χ0) is 36.0. The Kier molecular flexibility index (Phi) is 6.80. The molecule has 8 aromatic carbocycles. The Bertz CT molecular complexity index is 3060. The molecule has 0 aliphatic heterocycles. The zero-order valence-electron chi connectivity index (χ0n) is 30.1. The largest absolute Gasteiger partial charge is 0.310 e. The molecule has 0 saturated carbocycles. The molecule has 1 aliphatic rings. The maximum Gasteiger partial charge on any atom is 0.0726 e. The van der Waals surface area contributed by atoms with E-state index < -0.39 is 0 Å². The second-order valence-electron chi connectivity index (χ2n) is 14.9. The summed E-state index contributed by atoms with van der Waals surface area (Å²) in [6, 6.07) is 66.9. The molecule has 1 aliphatic carbocycles. The van der Waals surface area contributed by atoms with Gasteiger partial charge in [0.15, 0.2) is 0 Å². The molecule has 11 rings (SSSR count). The number of benzene rings is 8.